The summed E-state index contributed by atoms with van der Waals surface area (Å²) in [6.45, 7) is 3.54. The Morgan fingerprint density at radius 2 is 2.00 bits per heavy atom. The maximum Gasteiger partial charge on any atom is 0.341 e. The van der Waals surface area contributed by atoms with Gasteiger partial charge in [0.25, 0.3) is 11.6 Å². The highest BCUT2D eigenvalue weighted by molar-refractivity contribution is 7.17. The average Bonchev–Trinajstić information content (AvgIpc) is 3.50. The first-order valence-corrected chi connectivity index (χ1v) is 12.5. The summed E-state index contributed by atoms with van der Waals surface area (Å²) in [5.74, 6) is -1.16. The molecule has 1 aromatic carbocycles. The summed E-state index contributed by atoms with van der Waals surface area (Å²) in [5.41, 5.74) is 2.13. The number of anilines is 2. The number of aryl methyl sites for hydroxylation is 1. The van der Waals surface area contributed by atoms with Crippen LogP contribution in [0.2, 0.25) is 0 Å². The summed E-state index contributed by atoms with van der Waals surface area (Å²) >= 11 is 1.34. The molecule has 1 fully saturated rings. The van der Waals surface area contributed by atoms with Crippen LogP contribution >= 0.6 is 11.3 Å². The van der Waals surface area contributed by atoms with E-state index in [-0.39, 0.29) is 17.9 Å². The molecule has 1 saturated heterocycles. The van der Waals surface area contributed by atoms with Gasteiger partial charge in [-0.2, -0.15) is 5.26 Å². The van der Waals surface area contributed by atoms with Crippen LogP contribution in [-0.4, -0.2) is 36.5 Å². The number of nitrogens with zero attached hydrogens (tertiary/aromatic N) is 3. The second kappa shape index (κ2) is 10.7. The van der Waals surface area contributed by atoms with Gasteiger partial charge in [-0.25, -0.2) is 4.79 Å². The minimum atomic E-state index is -0.671. The van der Waals surface area contributed by atoms with E-state index in [9.17, 15) is 25.0 Å². The number of hydrogen-bond donors (Lipinski definition) is 1. The number of amides is 1. The number of carbonyl (C=O) groups excluding carboxylic acids is 2. The Bertz CT molecular complexity index is 1240. The Morgan fingerprint density at radius 1 is 1.26 bits per heavy atom. The highest BCUT2D eigenvalue weighted by atomic mass is 32.1. The number of rotatable bonds is 7. The molecule has 9 nitrogen and oxygen atoms in total. The number of thiophene rings is 1. The summed E-state index contributed by atoms with van der Waals surface area (Å²) in [5, 5.41) is 24.3. The van der Waals surface area contributed by atoms with Gasteiger partial charge in [0.15, 0.2) is 0 Å². The number of nitro groups is 1. The van der Waals surface area contributed by atoms with E-state index in [4.69, 9.17) is 4.74 Å². The fourth-order valence-corrected chi connectivity index (χ4v) is 5.84. The molecular weight excluding hydrogens is 468 g/mol. The smallest absolute Gasteiger partial charge is 0.341 e. The predicted molar refractivity (Wildman–Crippen MR) is 134 cm³/mol. The molecule has 1 aromatic heterocycles. The maximum absolute atomic E-state index is 13.2. The largest absolute Gasteiger partial charge is 0.462 e. The molecule has 0 atom stereocenters. The first kappa shape index (κ1) is 24.4. The van der Waals surface area contributed by atoms with Crippen molar-refractivity contribution >= 4 is 45.7 Å². The van der Waals surface area contributed by atoms with E-state index in [1.165, 1.54) is 29.5 Å². The summed E-state index contributed by atoms with van der Waals surface area (Å²) in [4.78, 5) is 39.8. The molecule has 1 N–H and O–H groups in total. The normalized spacial score (nSPS) is 15.3. The van der Waals surface area contributed by atoms with Crippen LogP contribution in [0, 0.1) is 21.4 Å². The molecule has 1 amide bonds. The number of carbonyl (C=O) groups is 2. The molecule has 4 rings (SSSR count). The Balaban J connectivity index is 1.69. The van der Waals surface area contributed by atoms with E-state index in [2.05, 4.69) is 10.2 Å². The van der Waals surface area contributed by atoms with Crippen LogP contribution in [0.15, 0.2) is 23.8 Å². The molecule has 1 aliphatic carbocycles. The van der Waals surface area contributed by atoms with Crippen LogP contribution < -0.4 is 10.2 Å². The van der Waals surface area contributed by atoms with Crippen LogP contribution in [0.3, 0.4) is 0 Å². The molecule has 2 aliphatic rings. The van der Waals surface area contributed by atoms with Crippen molar-refractivity contribution < 1.29 is 19.2 Å². The van der Waals surface area contributed by atoms with E-state index >= 15 is 0 Å². The van der Waals surface area contributed by atoms with Gasteiger partial charge in [-0.05, 0) is 63.2 Å². The lowest BCUT2D eigenvalue weighted by atomic mass is 9.95. The Morgan fingerprint density at radius 3 is 2.69 bits per heavy atom. The highest BCUT2D eigenvalue weighted by Crippen LogP contribution is 2.39. The van der Waals surface area contributed by atoms with E-state index in [0.717, 1.165) is 67.7 Å². The SMILES string of the molecule is CCOC(=O)c1c(NC(=O)/C(C#N)=C\c2cc([N+](=O)[O-])ccc2N2CCCC2)sc2c1CCCC2. The molecule has 10 heteroatoms. The fraction of sp³-hybridized carbons (Fsp3) is 0.400. The van der Waals surface area contributed by atoms with Crippen LogP contribution in [0.25, 0.3) is 6.08 Å². The van der Waals surface area contributed by atoms with Crippen molar-refractivity contribution in [1.29, 1.82) is 5.26 Å². The van der Waals surface area contributed by atoms with Gasteiger partial charge in [0.05, 0.1) is 17.1 Å². The molecule has 2 heterocycles. The predicted octanol–water partition coefficient (Wildman–Crippen LogP) is 4.86. The lowest BCUT2D eigenvalue weighted by Crippen LogP contribution is -2.19. The zero-order chi connectivity index (χ0) is 24.9. The van der Waals surface area contributed by atoms with Crippen molar-refractivity contribution in [3.63, 3.8) is 0 Å². The van der Waals surface area contributed by atoms with Crippen LogP contribution in [0.1, 0.15) is 59.0 Å². The Hall–Kier alpha value is -3.71. The number of hydrogen-bond acceptors (Lipinski definition) is 8. The van der Waals surface area contributed by atoms with E-state index in [1.54, 1.807) is 13.0 Å². The second-order valence-electron chi connectivity index (χ2n) is 8.45. The van der Waals surface area contributed by atoms with Gasteiger partial charge in [-0.3, -0.25) is 14.9 Å². The van der Waals surface area contributed by atoms with Crippen LogP contribution in [0.4, 0.5) is 16.4 Å². The van der Waals surface area contributed by atoms with Crippen molar-refractivity contribution in [2.75, 3.05) is 29.9 Å². The lowest BCUT2D eigenvalue weighted by Gasteiger charge is -2.20. The molecule has 35 heavy (non-hydrogen) atoms. The Labute approximate surface area is 207 Å². The summed E-state index contributed by atoms with van der Waals surface area (Å²) in [6.07, 6.45) is 6.93. The molecule has 182 valence electrons. The highest BCUT2D eigenvalue weighted by Gasteiger charge is 2.28. The van der Waals surface area contributed by atoms with Crippen molar-refractivity contribution in [3.8, 4) is 6.07 Å². The average molecular weight is 495 g/mol. The zero-order valence-corrected chi connectivity index (χ0v) is 20.3. The molecule has 0 saturated carbocycles. The summed E-state index contributed by atoms with van der Waals surface area (Å²) < 4.78 is 5.23. The third-order valence-corrected chi connectivity index (χ3v) is 7.42. The third kappa shape index (κ3) is 5.20. The second-order valence-corrected chi connectivity index (χ2v) is 9.56. The molecule has 2 aromatic rings. The number of non-ortho nitro benzene ring substituents is 1. The molecular formula is C25H26N4O5S. The van der Waals surface area contributed by atoms with Crippen molar-refractivity contribution in [3.05, 3.63) is 55.5 Å². The monoisotopic (exact) mass is 494 g/mol. The number of fused-ring (bicyclic) bond motifs is 1. The molecule has 0 unspecified atom stereocenters. The minimum Gasteiger partial charge on any atom is -0.462 e. The van der Waals surface area contributed by atoms with Crippen molar-refractivity contribution in [2.45, 2.75) is 45.4 Å². The zero-order valence-electron chi connectivity index (χ0n) is 19.5. The topological polar surface area (TPSA) is 126 Å². The molecule has 0 bridgehead atoms. The lowest BCUT2D eigenvalue weighted by molar-refractivity contribution is -0.384. The summed E-state index contributed by atoms with van der Waals surface area (Å²) in [6, 6.07) is 6.39. The van der Waals surface area contributed by atoms with Crippen LogP contribution in [-0.2, 0) is 22.4 Å². The van der Waals surface area contributed by atoms with Gasteiger partial charge in [-0.1, -0.05) is 0 Å². The minimum absolute atomic E-state index is 0.118. The standard InChI is InChI=1S/C25H26N4O5S/c1-2-34-25(31)22-19-7-3-4-8-21(19)35-24(22)27-23(30)17(15-26)13-16-14-18(29(32)33)9-10-20(16)28-11-5-6-12-28/h9-10,13-14H,2-8,11-12H2,1H3,(H,27,30)/b17-13-. The molecule has 0 spiro atoms. The van der Waals surface area contributed by atoms with Gasteiger partial charge in [-0.15, -0.1) is 11.3 Å². The molecule has 0 radical (unpaired) electrons. The van der Waals surface area contributed by atoms with E-state index < -0.39 is 16.8 Å². The third-order valence-electron chi connectivity index (χ3n) is 6.21. The number of ether oxygens (including phenoxy) is 1. The van der Waals surface area contributed by atoms with Crippen molar-refractivity contribution in [1.82, 2.24) is 0 Å². The fourth-order valence-electron chi connectivity index (χ4n) is 4.56. The van der Waals surface area contributed by atoms with Gasteiger partial charge in [0, 0.05) is 41.4 Å². The van der Waals surface area contributed by atoms with Gasteiger partial charge < -0.3 is 15.0 Å². The number of benzene rings is 1. The quantitative estimate of drug-likeness (QED) is 0.192. The van der Waals surface area contributed by atoms with E-state index in [1.807, 2.05) is 6.07 Å². The van der Waals surface area contributed by atoms with Gasteiger partial charge in [0.2, 0.25) is 0 Å². The first-order valence-electron chi connectivity index (χ1n) is 11.7. The maximum atomic E-state index is 13.2. The van der Waals surface area contributed by atoms with E-state index in [0.29, 0.717) is 16.1 Å². The van der Waals surface area contributed by atoms with Crippen molar-refractivity contribution in [2.24, 2.45) is 0 Å². The number of nitro benzene ring substituents is 1. The van der Waals surface area contributed by atoms with Gasteiger partial charge in [0.1, 0.15) is 16.6 Å². The van der Waals surface area contributed by atoms with Gasteiger partial charge >= 0.3 is 5.97 Å². The summed E-state index contributed by atoms with van der Waals surface area (Å²) in [7, 11) is 0. The number of nitrogens with one attached hydrogen (secondary N) is 1. The van der Waals surface area contributed by atoms with Crippen LogP contribution in [0.5, 0.6) is 0 Å². The first-order chi connectivity index (χ1) is 16.9. The number of esters is 1. The Kier molecular flexibility index (Phi) is 7.46. The molecule has 1 aliphatic heterocycles. The number of nitriles is 1.